The number of nitrogens with zero attached hydrogens (tertiary/aromatic N) is 1. The van der Waals surface area contributed by atoms with Crippen LogP contribution in [0.25, 0.3) is 0 Å². The van der Waals surface area contributed by atoms with Crippen molar-refractivity contribution in [2.24, 2.45) is 0 Å². The van der Waals surface area contributed by atoms with E-state index < -0.39 is 29.9 Å². The average Bonchev–Trinajstić information content (AvgIpc) is 2.43. The first-order chi connectivity index (χ1) is 9.92. The highest BCUT2D eigenvalue weighted by Crippen LogP contribution is 2.06. The molecule has 7 nitrogen and oxygen atoms in total. The zero-order valence-electron chi connectivity index (χ0n) is 11.6. The fourth-order valence-electron chi connectivity index (χ4n) is 1.40. The quantitative estimate of drug-likeness (QED) is 0.213. The fourth-order valence-corrected chi connectivity index (χ4v) is 2.14. The zero-order chi connectivity index (χ0) is 16.4. The Kier molecular flexibility index (Phi) is 10.7. The molecule has 2 N–H and O–H groups in total. The van der Waals surface area contributed by atoms with E-state index in [1.54, 1.807) is 6.92 Å². The Morgan fingerprint density at radius 3 is 2.24 bits per heavy atom. The van der Waals surface area contributed by atoms with E-state index in [0.717, 1.165) is 5.01 Å². The van der Waals surface area contributed by atoms with Gasteiger partial charge in [-0.2, -0.15) is 37.9 Å². The molecule has 122 valence electrons. The molecule has 10 heteroatoms. The number of carboxylic acid groups (broad SMARTS) is 1. The van der Waals surface area contributed by atoms with E-state index in [2.05, 4.69) is 43.3 Å². The number of nitrogens with one attached hydrogen (secondary N) is 1. The summed E-state index contributed by atoms with van der Waals surface area (Å²) in [4.78, 5) is 34.9. The van der Waals surface area contributed by atoms with E-state index in [1.165, 1.54) is 0 Å². The van der Waals surface area contributed by atoms with Crippen LogP contribution in [0.2, 0.25) is 0 Å². The third kappa shape index (κ3) is 6.81. The van der Waals surface area contributed by atoms with E-state index in [0.29, 0.717) is 0 Å². The molecule has 0 aliphatic rings. The van der Waals surface area contributed by atoms with Crippen LogP contribution in [0.15, 0.2) is 0 Å². The summed E-state index contributed by atoms with van der Waals surface area (Å²) in [6.07, 6.45) is 0.0236. The molecule has 0 unspecified atom stereocenters. The lowest BCUT2D eigenvalue weighted by molar-refractivity contribution is -0.156. The molecule has 21 heavy (non-hydrogen) atoms. The van der Waals surface area contributed by atoms with Gasteiger partial charge in [-0.15, -0.1) is 0 Å². The smallest absolute Gasteiger partial charge is 0.328 e. The topological polar surface area (TPSA) is 95.9 Å². The van der Waals surface area contributed by atoms with Crippen molar-refractivity contribution >= 4 is 55.7 Å². The van der Waals surface area contributed by atoms with Crippen molar-refractivity contribution in [3.8, 4) is 0 Å². The zero-order valence-corrected chi connectivity index (χ0v) is 14.2. The van der Waals surface area contributed by atoms with Crippen molar-refractivity contribution in [2.75, 3.05) is 23.9 Å². The van der Waals surface area contributed by atoms with Crippen molar-refractivity contribution in [3.63, 3.8) is 0 Å². The molecule has 0 bridgehead atoms. The fraction of sp³-hybridized carbons (Fsp3) is 0.727. The minimum Gasteiger partial charge on any atom is -0.480 e. The molecular weight excluding hydrogens is 336 g/mol. The number of amides is 1. The first kappa shape index (κ1) is 20.4. The molecule has 1 amide bonds. The number of esters is 1. The molecule has 0 aliphatic carbocycles. The maximum atomic E-state index is 12.0. The van der Waals surface area contributed by atoms with Crippen LogP contribution in [-0.4, -0.2) is 63.9 Å². The Labute approximate surface area is 140 Å². The Morgan fingerprint density at radius 2 is 1.86 bits per heavy atom. The molecule has 0 aromatic carbocycles. The summed E-state index contributed by atoms with van der Waals surface area (Å²) in [5.74, 6) is -2.15. The summed E-state index contributed by atoms with van der Waals surface area (Å²) in [6.45, 7) is 1.81. The number of hydrogen-bond donors (Lipinski definition) is 5. The van der Waals surface area contributed by atoms with Gasteiger partial charge in [-0.25, -0.2) is 10.2 Å². The van der Waals surface area contributed by atoms with Crippen molar-refractivity contribution in [1.29, 1.82) is 0 Å². The standard InChI is InChI=1S/C11H20N2O5S3/c1-2-18-11(17)7(5-20)12-13(9(14)3-4-19)8(6-21)10(15)16/h7-8,12,19-21H,2-6H2,1H3,(H,15,16)/t7-,8-/m0/s1. The molecule has 0 aromatic rings. The van der Waals surface area contributed by atoms with Crippen molar-refractivity contribution in [1.82, 2.24) is 10.4 Å². The monoisotopic (exact) mass is 356 g/mol. The Bertz CT molecular complexity index is 370. The van der Waals surface area contributed by atoms with Gasteiger partial charge in [-0.1, -0.05) is 0 Å². The summed E-state index contributed by atoms with van der Waals surface area (Å²) >= 11 is 11.9. The molecule has 0 aliphatic heterocycles. The van der Waals surface area contributed by atoms with Crippen LogP contribution in [0.3, 0.4) is 0 Å². The molecule has 2 atom stereocenters. The van der Waals surface area contributed by atoms with E-state index >= 15 is 0 Å². The van der Waals surface area contributed by atoms with Crippen molar-refractivity contribution in [2.45, 2.75) is 25.4 Å². The van der Waals surface area contributed by atoms with Crippen LogP contribution in [0.5, 0.6) is 0 Å². The predicted molar refractivity (Wildman–Crippen MR) is 88.0 cm³/mol. The maximum absolute atomic E-state index is 12.0. The van der Waals surface area contributed by atoms with Gasteiger partial charge in [0.05, 0.1) is 6.61 Å². The van der Waals surface area contributed by atoms with Crippen LogP contribution >= 0.6 is 37.9 Å². The van der Waals surface area contributed by atoms with Crippen LogP contribution in [0, 0.1) is 0 Å². The van der Waals surface area contributed by atoms with E-state index in [9.17, 15) is 14.4 Å². The normalized spacial score (nSPS) is 13.3. The second-order valence-electron chi connectivity index (χ2n) is 3.89. The highest BCUT2D eigenvalue weighted by Gasteiger charge is 2.32. The molecule has 0 saturated heterocycles. The van der Waals surface area contributed by atoms with E-state index in [4.69, 9.17) is 9.84 Å². The van der Waals surface area contributed by atoms with Gasteiger partial charge in [-0.05, 0) is 12.7 Å². The van der Waals surface area contributed by atoms with Crippen LogP contribution in [-0.2, 0) is 19.1 Å². The van der Waals surface area contributed by atoms with Gasteiger partial charge in [-0.3, -0.25) is 14.6 Å². The molecular formula is C11H20N2O5S3. The SMILES string of the molecule is CCOC(=O)[C@H](CS)NN(C(=O)CCS)[C@@H](CS)C(=O)O. The molecule has 0 rings (SSSR count). The minimum atomic E-state index is -1.23. The average molecular weight is 356 g/mol. The van der Waals surface area contributed by atoms with Crippen molar-refractivity contribution in [3.05, 3.63) is 0 Å². The Balaban J connectivity index is 5.14. The molecule has 0 fully saturated rings. The van der Waals surface area contributed by atoms with Gasteiger partial charge in [0.1, 0.15) is 6.04 Å². The maximum Gasteiger partial charge on any atom is 0.328 e. The second kappa shape index (κ2) is 11.0. The van der Waals surface area contributed by atoms with Gasteiger partial charge in [0, 0.05) is 17.9 Å². The lowest BCUT2D eigenvalue weighted by atomic mass is 10.3. The number of ether oxygens (including phenoxy) is 1. The van der Waals surface area contributed by atoms with Gasteiger partial charge < -0.3 is 9.84 Å². The largest absolute Gasteiger partial charge is 0.480 e. The number of carbonyl (C=O) groups excluding carboxylic acids is 2. The summed E-state index contributed by atoms with van der Waals surface area (Å²) in [5.41, 5.74) is 2.57. The van der Waals surface area contributed by atoms with Crippen LogP contribution in [0.1, 0.15) is 13.3 Å². The summed E-state index contributed by atoms with van der Waals surface area (Å²) in [7, 11) is 0. The highest BCUT2D eigenvalue weighted by atomic mass is 32.1. The summed E-state index contributed by atoms with van der Waals surface area (Å²) in [6, 6.07) is -2.14. The van der Waals surface area contributed by atoms with Gasteiger partial charge >= 0.3 is 11.9 Å². The number of thiol groups is 3. The number of aliphatic carboxylic acids is 1. The molecule has 0 radical (unpaired) electrons. The highest BCUT2D eigenvalue weighted by molar-refractivity contribution is 7.80. The van der Waals surface area contributed by atoms with Gasteiger partial charge in [0.2, 0.25) is 5.91 Å². The Morgan fingerprint density at radius 1 is 1.24 bits per heavy atom. The summed E-state index contributed by atoms with van der Waals surface area (Å²) < 4.78 is 4.84. The Hall–Kier alpha value is -0.580. The number of hydrogen-bond acceptors (Lipinski definition) is 8. The third-order valence-electron chi connectivity index (χ3n) is 2.41. The van der Waals surface area contributed by atoms with Gasteiger partial charge in [0.25, 0.3) is 0 Å². The number of carboxylic acids is 1. The van der Waals surface area contributed by atoms with Crippen molar-refractivity contribution < 1.29 is 24.2 Å². The minimum absolute atomic E-state index is 0.0236. The van der Waals surface area contributed by atoms with E-state index in [-0.39, 0.29) is 30.3 Å². The number of carbonyl (C=O) groups is 3. The summed E-state index contributed by atoms with van der Waals surface area (Å²) in [5, 5.41) is 10.0. The first-order valence-corrected chi connectivity index (χ1v) is 8.12. The molecule has 0 saturated carbocycles. The van der Waals surface area contributed by atoms with Gasteiger partial charge in [0.15, 0.2) is 6.04 Å². The lowest BCUT2D eigenvalue weighted by Gasteiger charge is -2.31. The number of hydrazine groups is 1. The third-order valence-corrected chi connectivity index (χ3v) is 3.35. The number of rotatable bonds is 10. The second-order valence-corrected chi connectivity index (χ2v) is 5.07. The molecule has 0 spiro atoms. The van der Waals surface area contributed by atoms with Crippen LogP contribution < -0.4 is 5.43 Å². The lowest BCUT2D eigenvalue weighted by Crippen LogP contribution is -2.59. The molecule has 0 aromatic heterocycles. The van der Waals surface area contributed by atoms with E-state index in [1.807, 2.05) is 0 Å². The van der Waals surface area contributed by atoms with Crippen LogP contribution in [0.4, 0.5) is 0 Å². The first-order valence-electron chi connectivity index (χ1n) is 6.23. The predicted octanol–water partition coefficient (Wildman–Crippen LogP) is -0.116. The molecule has 0 heterocycles.